The van der Waals surface area contributed by atoms with Gasteiger partial charge in [0, 0.05) is 17.2 Å². The van der Waals surface area contributed by atoms with Crippen LogP contribution in [0.4, 0.5) is 0 Å². The number of likely N-dealkylation sites (N-methyl/N-ethyl adjacent to an activating group) is 1. The lowest BCUT2D eigenvalue weighted by molar-refractivity contribution is -0.148. The van der Waals surface area contributed by atoms with Gasteiger partial charge < -0.3 is 5.11 Å². The summed E-state index contributed by atoms with van der Waals surface area (Å²) in [7, 11) is 1.78. The Morgan fingerprint density at radius 3 is 2.62 bits per heavy atom. The zero-order chi connectivity index (χ0) is 12.3. The lowest BCUT2D eigenvalue weighted by Crippen LogP contribution is -2.47. The monoisotopic (exact) mass is 286 g/mol. The molecule has 0 aliphatic rings. The zero-order valence-electron chi connectivity index (χ0n) is 9.57. The third-order valence-corrected chi connectivity index (χ3v) is 3.13. The van der Waals surface area contributed by atoms with E-state index in [1.807, 2.05) is 12.1 Å². The van der Waals surface area contributed by atoms with E-state index in [4.69, 9.17) is 5.11 Å². The number of hydrogen-bond donors (Lipinski definition) is 1. The molecule has 4 nitrogen and oxygen atoms in total. The summed E-state index contributed by atoms with van der Waals surface area (Å²) < 4.78 is 0.913. The first kappa shape index (κ1) is 13.1. The highest BCUT2D eigenvalue weighted by molar-refractivity contribution is 9.10. The number of carboxylic acids is 1. The second kappa shape index (κ2) is 4.93. The Labute approximate surface area is 103 Å². The minimum atomic E-state index is -0.894. The molecule has 1 rings (SSSR count). The molecule has 0 radical (unpaired) electrons. The normalized spacial score (nSPS) is 11.8. The van der Waals surface area contributed by atoms with Gasteiger partial charge in [-0.15, -0.1) is 0 Å². The topological polar surface area (TPSA) is 53.4 Å². The van der Waals surface area contributed by atoms with E-state index in [9.17, 15) is 4.79 Å². The predicted molar refractivity (Wildman–Crippen MR) is 65.1 cm³/mol. The van der Waals surface area contributed by atoms with Crippen molar-refractivity contribution in [2.45, 2.75) is 25.9 Å². The maximum atomic E-state index is 11.0. The van der Waals surface area contributed by atoms with Crippen LogP contribution in [0.3, 0.4) is 0 Å². The molecule has 1 aromatic rings. The Morgan fingerprint density at radius 2 is 2.19 bits per heavy atom. The molecule has 0 aromatic carbocycles. The highest BCUT2D eigenvalue weighted by Gasteiger charge is 2.31. The van der Waals surface area contributed by atoms with Crippen LogP contribution in [0.25, 0.3) is 0 Å². The minimum Gasteiger partial charge on any atom is -0.480 e. The van der Waals surface area contributed by atoms with Crippen molar-refractivity contribution in [1.29, 1.82) is 0 Å². The molecule has 1 aromatic heterocycles. The summed E-state index contributed by atoms with van der Waals surface area (Å²) in [6.45, 7) is 3.86. The first-order valence-electron chi connectivity index (χ1n) is 4.89. The number of carbonyl (C=O) groups is 1. The highest BCUT2D eigenvalue weighted by atomic mass is 79.9. The third kappa shape index (κ3) is 3.02. The number of nitrogens with zero attached hydrogens (tertiary/aromatic N) is 2. The van der Waals surface area contributed by atoms with Crippen LogP contribution in [0.1, 0.15) is 19.5 Å². The molecule has 1 N–H and O–H groups in total. The number of rotatable bonds is 4. The van der Waals surface area contributed by atoms with Gasteiger partial charge in [-0.25, -0.2) is 0 Å². The average Bonchev–Trinajstić information content (AvgIpc) is 2.21. The van der Waals surface area contributed by atoms with E-state index in [2.05, 4.69) is 20.9 Å². The average molecular weight is 287 g/mol. The van der Waals surface area contributed by atoms with Crippen molar-refractivity contribution in [3.05, 3.63) is 28.5 Å². The Hall–Kier alpha value is -0.940. The van der Waals surface area contributed by atoms with Crippen molar-refractivity contribution in [3.8, 4) is 0 Å². The molecule has 0 atom stereocenters. The second-order valence-electron chi connectivity index (χ2n) is 4.19. The first-order valence-corrected chi connectivity index (χ1v) is 5.68. The lowest BCUT2D eigenvalue weighted by atomic mass is 10.0. The maximum absolute atomic E-state index is 11.0. The first-order chi connectivity index (χ1) is 7.34. The van der Waals surface area contributed by atoms with Crippen LogP contribution in [-0.4, -0.2) is 33.5 Å². The fourth-order valence-corrected chi connectivity index (χ4v) is 1.34. The lowest BCUT2D eigenvalue weighted by Gasteiger charge is -2.31. The van der Waals surface area contributed by atoms with Crippen molar-refractivity contribution in [2.24, 2.45) is 0 Å². The molecule has 0 spiro atoms. The third-order valence-electron chi connectivity index (χ3n) is 2.67. The highest BCUT2D eigenvalue weighted by Crippen LogP contribution is 2.16. The summed E-state index contributed by atoms with van der Waals surface area (Å²) in [4.78, 5) is 17.0. The molecule has 1 heterocycles. The van der Waals surface area contributed by atoms with Crippen molar-refractivity contribution < 1.29 is 9.90 Å². The zero-order valence-corrected chi connectivity index (χ0v) is 11.2. The largest absolute Gasteiger partial charge is 0.480 e. The molecule has 0 bridgehead atoms. The van der Waals surface area contributed by atoms with E-state index in [1.165, 1.54) is 0 Å². The van der Waals surface area contributed by atoms with E-state index in [-0.39, 0.29) is 0 Å². The SMILES string of the molecule is CN(Cc1ccc(Br)cn1)C(C)(C)C(=O)O. The van der Waals surface area contributed by atoms with Gasteiger partial charge in [-0.3, -0.25) is 14.7 Å². The number of aromatic nitrogens is 1. The van der Waals surface area contributed by atoms with Crippen molar-refractivity contribution in [1.82, 2.24) is 9.88 Å². The van der Waals surface area contributed by atoms with Crippen LogP contribution in [0.15, 0.2) is 22.8 Å². The molecule has 0 saturated heterocycles. The summed E-state index contributed by atoms with van der Waals surface area (Å²) in [6, 6.07) is 3.77. The Morgan fingerprint density at radius 1 is 1.56 bits per heavy atom. The Kier molecular flexibility index (Phi) is 4.04. The molecule has 88 valence electrons. The summed E-state index contributed by atoms with van der Waals surface area (Å²) in [6.07, 6.45) is 1.71. The van der Waals surface area contributed by atoms with Crippen molar-refractivity contribution in [3.63, 3.8) is 0 Å². The van der Waals surface area contributed by atoms with Crippen LogP contribution >= 0.6 is 15.9 Å². The second-order valence-corrected chi connectivity index (χ2v) is 5.10. The van der Waals surface area contributed by atoms with E-state index in [1.54, 1.807) is 32.0 Å². The van der Waals surface area contributed by atoms with Crippen LogP contribution in [-0.2, 0) is 11.3 Å². The van der Waals surface area contributed by atoms with Crippen LogP contribution in [0, 0.1) is 0 Å². The van der Waals surface area contributed by atoms with Gasteiger partial charge in [0.15, 0.2) is 0 Å². The molecule has 0 saturated carbocycles. The van der Waals surface area contributed by atoms with Crippen molar-refractivity contribution >= 4 is 21.9 Å². The Balaban J connectivity index is 2.75. The van der Waals surface area contributed by atoms with Crippen molar-refractivity contribution in [2.75, 3.05) is 7.05 Å². The van der Waals surface area contributed by atoms with Gasteiger partial charge in [-0.2, -0.15) is 0 Å². The molecule has 0 amide bonds. The van der Waals surface area contributed by atoms with Crippen LogP contribution in [0.5, 0.6) is 0 Å². The Bertz CT molecular complexity index is 376. The summed E-state index contributed by atoms with van der Waals surface area (Å²) >= 11 is 3.30. The number of pyridine rings is 1. The maximum Gasteiger partial charge on any atom is 0.323 e. The van der Waals surface area contributed by atoms with Gasteiger partial charge in [0.25, 0.3) is 0 Å². The molecule has 5 heteroatoms. The van der Waals surface area contributed by atoms with Gasteiger partial charge in [0.2, 0.25) is 0 Å². The number of aliphatic carboxylic acids is 1. The molecular weight excluding hydrogens is 272 g/mol. The molecule has 0 unspecified atom stereocenters. The van der Waals surface area contributed by atoms with Crippen LogP contribution < -0.4 is 0 Å². The fraction of sp³-hybridized carbons (Fsp3) is 0.455. The summed E-state index contributed by atoms with van der Waals surface area (Å²) in [5.74, 6) is -0.841. The van der Waals surface area contributed by atoms with E-state index >= 15 is 0 Å². The minimum absolute atomic E-state index is 0.507. The molecule has 0 aliphatic heterocycles. The smallest absolute Gasteiger partial charge is 0.323 e. The van der Waals surface area contributed by atoms with Gasteiger partial charge in [-0.05, 0) is 49.0 Å². The van der Waals surface area contributed by atoms with Gasteiger partial charge >= 0.3 is 5.97 Å². The number of halogens is 1. The number of carboxylic acid groups (broad SMARTS) is 1. The molecule has 16 heavy (non-hydrogen) atoms. The molecule has 0 aliphatic carbocycles. The predicted octanol–water partition coefficient (Wildman–Crippen LogP) is 2.14. The van der Waals surface area contributed by atoms with Gasteiger partial charge in [0.1, 0.15) is 5.54 Å². The molecule has 0 fully saturated rings. The quantitative estimate of drug-likeness (QED) is 0.921. The van der Waals surface area contributed by atoms with Crippen LogP contribution in [0.2, 0.25) is 0 Å². The van der Waals surface area contributed by atoms with Gasteiger partial charge in [-0.1, -0.05) is 0 Å². The molecular formula is C11H15BrN2O2. The van der Waals surface area contributed by atoms with Gasteiger partial charge in [0.05, 0.1) is 5.69 Å². The summed E-state index contributed by atoms with van der Waals surface area (Å²) in [5, 5.41) is 9.06. The van der Waals surface area contributed by atoms with E-state index in [0.717, 1.165) is 10.2 Å². The standard InChI is InChI=1S/C11H15BrN2O2/c1-11(2,10(15)16)14(3)7-9-5-4-8(12)6-13-9/h4-6H,7H2,1-3H3,(H,15,16). The van der Waals surface area contributed by atoms with E-state index < -0.39 is 11.5 Å². The fourth-order valence-electron chi connectivity index (χ4n) is 1.10. The van der Waals surface area contributed by atoms with E-state index in [0.29, 0.717) is 6.54 Å². The summed E-state index contributed by atoms with van der Waals surface area (Å²) in [5.41, 5.74) is -0.0468. The number of hydrogen-bond acceptors (Lipinski definition) is 3.